The Morgan fingerprint density at radius 2 is 2.25 bits per heavy atom. The lowest BCUT2D eigenvalue weighted by Crippen LogP contribution is -2.29. The van der Waals surface area contributed by atoms with Crippen molar-refractivity contribution in [2.45, 2.75) is 6.92 Å². The zero-order valence-corrected chi connectivity index (χ0v) is 7.54. The third-order valence-electron chi connectivity index (χ3n) is 1.14. The second-order valence-corrected chi connectivity index (χ2v) is 2.65. The first-order valence-electron chi connectivity index (χ1n) is 3.71. The van der Waals surface area contributed by atoms with E-state index in [1.165, 1.54) is 4.90 Å². The summed E-state index contributed by atoms with van der Waals surface area (Å²) < 4.78 is 4.65. The predicted octanol–water partition coefficient (Wildman–Crippen LogP) is 0.623. The average molecular weight is 173 g/mol. The quantitative estimate of drug-likeness (QED) is 0.634. The van der Waals surface area contributed by atoms with Crippen molar-refractivity contribution in [2.75, 3.05) is 26.8 Å². The highest BCUT2D eigenvalue weighted by molar-refractivity contribution is 5.67. The number of hydrogen-bond donors (Lipinski definition) is 1. The highest BCUT2D eigenvalue weighted by Crippen LogP contribution is 1.95. The lowest BCUT2D eigenvalue weighted by Gasteiger charge is -2.16. The summed E-state index contributed by atoms with van der Waals surface area (Å²) in [5, 5.41) is 8.37. The Morgan fingerprint density at radius 1 is 1.67 bits per heavy atom. The second kappa shape index (κ2) is 5.60. The van der Waals surface area contributed by atoms with E-state index in [0.717, 1.165) is 5.57 Å². The monoisotopic (exact) mass is 173 g/mol. The Hall–Kier alpha value is -1.03. The van der Waals surface area contributed by atoms with Gasteiger partial charge in [0, 0.05) is 13.6 Å². The van der Waals surface area contributed by atoms with Crippen molar-refractivity contribution in [3.8, 4) is 0 Å². The molecule has 0 aromatic carbocycles. The maximum Gasteiger partial charge on any atom is 0.409 e. The first-order valence-corrected chi connectivity index (χ1v) is 3.71. The molecule has 0 heterocycles. The van der Waals surface area contributed by atoms with E-state index in [1.807, 2.05) is 6.92 Å². The molecule has 0 aliphatic rings. The molecule has 0 aliphatic heterocycles. The van der Waals surface area contributed by atoms with Crippen LogP contribution in [-0.4, -0.2) is 42.9 Å². The molecule has 12 heavy (non-hydrogen) atoms. The van der Waals surface area contributed by atoms with Gasteiger partial charge < -0.3 is 14.7 Å². The summed E-state index contributed by atoms with van der Waals surface area (Å²) >= 11 is 0. The smallest absolute Gasteiger partial charge is 0.409 e. The maximum atomic E-state index is 11.0. The van der Waals surface area contributed by atoms with E-state index in [9.17, 15) is 4.79 Å². The zero-order valence-electron chi connectivity index (χ0n) is 7.54. The van der Waals surface area contributed by atoms with Crippen LogP contribution in [0.15, 0.2) is 12.2 Å². The van der Waals surface area contributed by atoms with E-state index >= 15 is 0 Å². The van der Waals surface area contributed by atoms with Gasteiger partial charge in [-0.3, -0.25) is 0 Å². The number of likely N-dealkylation sites (N-methyl/N-ethyl adjacent to an activating group) is 1. The number of carbonyl (C=O) groups is 1. The lowest BCUT2D eigenvalue weighted by molar-refractivity contribution is 0.0932. The molecule has 0 atom stereocenters. The fourth-order valence-electron chi connectivity index (χ4n) is 0.713. The van der Waals surface area contributed by atoms with Crippen LogP contribution in [0.5, 0.6) is 0 Å². The lowest BCUT2D eigenvalue weighted by atomic mass is 10.3. The van der Waals surface area contributed by atoms with Crippen LogP contribution in [0.25, 0.3) is 0 Å². The average Bonchev–Trinajstić information content (AvgIpc) is 1.98. The van der Waals surface area contributed by atoms with Crippen LogP contribution < -0.4 is 0 Å². The minimum absolute atomic E-state index is 0.0410. The first-order chi connectivity index (χ1) is 5.57. The Balaban J connectivity index is 3.69. The molecule has 1 N–H and O–H groups in total. The fraction of sp³-hybridized carbons (Fsp3) is 0.625. The van der Waals surface area contributed by atoms with Crippen molar-refractivity contribution >= 4 is 6.09 Å². The Morgan fingerprint density at radius 3 is 2.67 bits per heavy atom. The van der Waals surface area contributed by atoms with Crippen LogP contribution in [-0.2, 0) is 4.74 Å². The van der Waals surface area contributed by atoms with Gasteiger partial charge in [0.05, 0.1) is 6.61 Å². The van der Waals surface area contributed by atoms with Gasteiger partial charge in [-0.15, -0.1) is 0 Å². The molecule has 1 amide bonds. The summed E-state index contributed by atoms with van der Waals surface area (Å²) in [7, 11) is 1.62. The number of nitrogens with zero attached hydrogens (tertiary/aromatic N) is 1. The molecule has 0 radical (unpaired) electrons. The summed E-state index contributed by atoms with van der Waals surface area (Å²) in [6.45, 7) is 5.86. The highest BCUT2D eigenvalue weighted by atomic mass is 16.6. The van der Waals surface area contributed by atoms with Gasteiger partial charge in [-0.2, -0.15) is 0 Å². The number of aliphatic hydroxyl groups is 1. The van der Waals surface area contributed by atoms with Crippen molar-refractivity contribution in [3.63, 3.8) is 0 Å². The van der Waals surface area contributed by atoms with Gasteiger partial charge in [0.25, 0.3) is 0 Å². The van der Waals surface area contributed by atoms with E-state index in [1.54, 1.807) is 7.05 Å². The van der Waals surface area contributed by atoms with Gasteiger partial charge in [-0.05, 0) is 6.92 Å². The summed E-state index contributed by atoms with van der Waals surface area (Å²) in [5.74, 6) is 0. The molecule has 0 bridgehead atoms. The number of rotatable bonds is 4. The maximum absolute atomic E-state index is 11.0. The molecule has 0 aromatic rings. The van der Waals surface area contributed by atoms with Crippen LogP contribution in [0.3, 0.4) is 0 Å². The van der Waals surface area contributed by atoms with Crippen molar-refractivity contribution < 1.29 is 14.6 Å². The van der Waals surface area contributed by atoms with Crippen LogP contribution in [0.2, 0.25) is 0 Å². The second-order valence-electron chi connectivity index (χ2n) is 2.65. The molecular formula is C8H15NO3. The van der Waals surface area contributed by atoms with E-state index < -0.39 is 6.09 Å². The van der Waals surface area contributed by atoms with Crippen molar-refractivity contribution in [2.24, 2.45) is 0 Å². The van der Waals surface area contributed by atoms with Crippen LogP contribution in [0.1, 0.15) is 6.92 Å². The highest BCUT2D eigenvalue weighted by Gasteiger charge is 2.08. The molecule has 0 saturated carbocycles. The molecule has 4 heteroatoms. The number of amides is 1. The van der Waals surface area contributed by atoms with Gasteiger partial charge in [0.2, 0.25) is 0 Å². The van der Waals surface area contributed by atoms with Crippen molar-refractivity contribution in [1.82, 2.24) is 4.90 Å². The predicted molar refractivity (Wildman–Crippen MR) is 45.9 cm³/mol. The molecular weight excluding hydrogens is 158 g/mol. The third kappa shape index (κ3) is 4.73. The Kier molecular flexibility index (Phi) is 5.12. The van der Waals surface area contributed by atoms with E-state index in [0.29, 0.717) is 6.54 Å². The van der Waals surface area contributed by atoms with E-state index in [2.05, 4.69) is 11.3 Å². The minimum Gasteiger partial charge on any atom is -0.447 e. The first kappa shape index (κ1) is 11.0. The number of ether oxygens (including phenoxy) is 1. The van der Waals surface area contributed by atoms with Gasteiger partial charge in [-0.1, -0.05) is 12.2 Å². The summed E-state index contributed by atoms with van der Waals surface area (Å²) in [5.41, 5.74) is 0.887. The molecule has 70 valence electrons. The molecule has 4 nitrogen and oxygen atoms in total. The SMILES string of the molecule is C=C(C)CN(C)C(=O)OCCO. The van der Waals surface area contributed by atoms with Crippen LogP contribution in [0.4, 0.5) is 4.79 Å². The number of hydrogen-bond acceptors (Lipinski definition) is 3. The van der Waals surface area contributed by atoms with Crippen molar-refractivity contribution in [3.05, 3.63) is 12.2 Å². The summed E-state index contributed by atoms with van der Waals surface area (Å²) in [6.07, 6.45) is -0.438. The topological polar surface area (TPSA) is 49.8 Å². The summed E-state index contributed by atoms with van der Waals surface area (Å²) in [6, 6.07) is 0. The van der Waals surface area contributed by atoms with Crippen LogP contribution in [0, 0.1) is 0 Å². The molecule has 0 spiro atoms. The van der Waals surface area contributed by atoms with Gasteiger partial charge in [-0.25, -0.2) is 4.79 Å². The number of carbonyl (C=O) groups excluding carboxylic acids is 1. The molecule has 0 aliphatic carbocycles. The molecule has 0 aromatic heterocycles. The molecule has 0 unspecified atom stereocenters. The largest absolute Gasteiger partial charge is 0.447 e. The van der Waals surface area contributed by atoms with Gasteiger partial charge in [0.15, 0.2) is 0 Å². The van der Waals surface area contributed by atoms with Crippen LogP contribution >= 0.6 is 0 Å². The summed E-state index contributed by atoms with van der Waals surface area (Å²) in [4.78, 5) is 12.4. The standard InChI is InChI=1S/C8H15NO3/c1-7(2)6-9(3)8(11)12-5-4-10/h10H,1,4-6H2,2-3H3. The zero-order chi connectivity index (χ0) is 9.56. The third-order valence-corrected chi connectivity index (χ3v) is 1.14. The molecule has 0 fully saturated rings. The van der Waals surface area contributed by atoms with E-state index in [4.69, 9.17) is 5.11 Å². The minimum atomic E-state index is -0.438. The van der Waals surface area contributed by atoms with E-state index in [-0.39, 0.29) is 13.2 Å². The number of aliphatic hydroxyl groups excluding tert-OH is 1. The fourth-order valence-corrected chi connectivity index (χ4v) is 0.713. The molecule has 0 saturated heterocycles. The Bertz CT molecular complexity index is 168. The van der Waals surface area contributed by atoms with Gasteiger partial charge >= 0.3 is 6.09 Å². The van der Waals surface area contributed by atoms with Gasteiger partial charge in [0.1, 0.15) is 6.61 Å². The molecule has 0 rings (SSSR count). The normalized spacial score (nSPS) is 9.25. The van der Waals surface area contributed by atoms with Crippen molar-refractivity contribution in [1.29, 1.82) is 0 Å². The Labute approximate surface area is 72.4 Å².